The third kappa shape index (κ3) is 7.04. The maximum atomic E-state index is 13.4. The van der Waals surface area contributed by atoms with Crippen LogP contribution in [0.25, 0.3) is 11.0 Å². The largest absolute Gasteiger partial charge is 0.505 e. The number of halogens is 1. The first-order valence-electron chi connectivity index (χ1n) is 11.9. The summed E-state index contributed by atoms with van der Waals surface area (Å²) in [4.78, 5) is 42.8. The second-order valence-corrected chi connectivity index (χ2v) is 8.93. The van der Waals surface area contributed by atoms with Crippen LogP contribution in [0.4, 0.5) is 9.18 Å². The Kier molecular flexibility index (Phi) is 9.18. The molecular weight excluding hydrogens is 483 g/mol. The average Bonchev–Trinajstić information content (AvgIpc) is 2.85. The Hall–Kier alpha value is -3.99. The summed E-state index contributed by atoms with van der Waals surface area (Å²) in [5.41, 5.74) is 0.742. The number of carbonyl (C=O) groups excluding carboxylic acids is 1. The van der Waals surface area contributed by atoms with Crippen LogP contribution in [0.3, 0.4) is 0 Å². The molecule has 1 aromatic carbocycles. The van der Waals surface area contributed by atoms with Crippen LogP contribution in [-0.4, -0.2) is 69.5 Å². The van der Waals surface area contributed by atoms with Crippen LogP contribution in [0, 0.1) is 5.82 Å². The van der Waals surface area contributed by atoms with Gasteiger partial charge in [-0.25, -0.2) is 9.18 Å². The molecule has 0 aliphatic heterocycles. The number of ether oxygens (including phenoxy) is 1. The molecule has 0 saturated carbocycles. The molecule has 0 spiro atoms. The van der Waals surface area contributed by atoms with Crippen molar-refractivity contribution in [2.45, 2.75) is 39.3 Å². The van der Waals surface area contributed by atoms with Gasteiger partial charge in [-0.3, -0.25) is 14.6 Å². The van der Waals surface area contributed by atoms with Crippen LogP contribution < -0.4 is 10.9 Å². The summed E-state index contributed by atoms with van der Waals surface area (Å²) < 4.78 is 20.0. The first-order valence-corrected chi connectivity index (χ1v) is 11.9. The second kappa shape index (κ2) is 12.3. The normalized spacial score (nSPS) is 11.2. The van der Waals surface area contributed by atoms with Gasteiger partial charge in [0.1, 0.15) is 16.9 Å². The number of carboxylic acid groups (broad SMARTS) is 1. The Morgan fingerprint density at radius 2 is 1.92 bits per heavy atom. The van der Waals surface area contributed by atoms with E-state index in [-0.39, 0.29) is 50.1 Å². The Labute approximate surface area is 213 Å². The molecule has 0 atom stereocenters. The fraction of sp³-hybridized carbons (Fsp3) is 0.385. The molecule has 0 unspecified atom stereocenters. The topological polar surface area (TPSA) is 134 Å². The van der Waals surface area contributed by atoms with Crippen molar-refractivity contribution in [2.75, 3.05) is 26.7 Å². The maximum Gasteiger partial charge on any atom is 0.407 e. The number of fused-ring (bicyclic) bond motifs is 1. The van der Waals surface area contributed by atoms with Crippen molar-refractivity contribution in [3.05, 3.63) is 69.4 Å². The zero-order chi connectivity index (χ0) is 27.1. The molecular formula is C26H31FN4O6. The van der Waals surface area contributed by atoms with E-state index in [9.17, 15) is 23.9 Å². The summed E-state index contributed by atoms with van der Waals surface area (Å²) in [5, 5.41) is 22.6. The first kappa shape index (κ1) is 27.6. The molecule has 0 aliphatic rings. The Morgan fingerprint density at radius 1 is 1.22 bits per heavy atom. The highest BCUT2D eigenvalue weighted by Gasteiger charge is 2.23. The summed E-state index contributed by atoms with van der Waals surface area (Å²) in [6.07, 6.45) is 1.08. The highest BCUT2D eigenvalue weighted by Crippen LogP contribution is 2.26. The third-order valence-corrected chi connectivity index (χ3v) is 5.72. The van der Waals surface area contributed by atoms with Gasteiger partial charge < -0.3 is 29.7 Å². The van der Waals surface area contributed by atoms with E-state index >= 15 is 0 Å². The molecule has 3 aromatic rings. The molecule has 0 fully saturated rings. The van der Waals surface area contributed by atoms with Gasteiger partial charge in [-0.1, -0.05) is 12.1 Å². The van der Waals surface area contributed by atoms with Gasteiger partial charge in [0.15, 0.2) is 5.75 Å². The standard InChI is InChI=1S/C26H31FN4O6/c1-16(2)37-12-9-28-24(33)21-23(32)22-20(31(25(21)34)11-4-10-30(3)26(35)36)14-18(15-29-22)13-17-5-7-19(27)8-6-17/h5-8,14-16,32H,4,9-13H2,1-3H3,(H,28,33)(H,35,36). The fourth-order valence-corrected chi connectivity index (χ4v) is 3.82. The van der Waals surface area contributed by atoms with Gasteiger partial charge >= 0.3 is 6.09 Å². The lowest BCUT2D eigenvalue weighted by molar-refractivity contribution is 0.0745. The van der Waals surface area contributed by atoms with E-state index in [0.717, 1.165) is 10.5 Å². The molecule has 3 rings (SSSR count). The lowest BCUT2D eigenvalue weighted by atomic mass is 10.1. The van der Waals surface area contributed by atoms with Gasteiger partial charge in [0.2, 0.25) is 0 Å². The van der Waals surface area contributed by atoms with Crippen molar-refractivity contribution >= 4 is 23.0 Å². The lowest BCUT2D eigenvalue weighted by Crippen LogP contribution is -2.36. The van der Waals surface area contributed by atoms with Gasteiger partial charge in [0.05, 0.1) is 18.2 Å². The molecule has 2 aromatic heterocycles. The van der Waals surface area contributed by atoms with Crippen LogP contribution >= 0.6 is 0 Å². The number of hydrogen-bond donors (Lipinski definition) is 3. The molecule has 2 amide bonds. The number of benzene rings is 1. The number of rotatable bonds is 11. The molecule has 37 heavy (non-hydrogen) atoms. The van der Waals surface area contributed by atoms with E-state index < -0.39 is 28.9 Å². The minimum Gasteiger partial charge on any atom is -0.505 e. The van der Waals surface area contributed by atoms with E-state index in [1.807, 2.05) is 13.8 Å². The minimum absolute atomic E-state index is 0.0274. The number of nitrogens with zero attached hydrogens (tertiary/aromatic N) is 3. The van der Waals surface area contributed by atoms with E-state index in [0.29, 0.717) is 17.5 Å². The fourth-order valence-electron chi connectivity index (χ4n) is 3.82. The molecule has 2 heterocycles. The number of pyridine rings is 2. The summed E-state index contributed by atoms with van der Waals surface area (Å²) >= 11 is 0. The Morgan fingerprint density at radius 3 is 2.57 bits per heavy atom. The summed E-state index contributed by atoms with van der Waals surface area (Å²) in [5.74, 6) is -1.65. The monoisotopic (exact) mass is 514 g/mol. The van der Waals surface area contributed by atoms with E-state index in [2.05, 4.69) is 10.3 Å². The molecule has 0 bridgehead atoms. The quantitative estimate of drug-likeness (QED) is 0.335. The number of aromatic nitrogens is 2. The minimum atomic E-state index is -1.10. The highest BCUT2D eigenvalue weighted by molar-refractivity contribution is 6.01. The first-order chi connectivity index (χ1) is 17.6. The van der Waals surface area contributed by atoms with E-state index in [4.69, 9.17) is 9.84 Å². The van der Waals surface area contributed by atoms with E-state index in [1.54, 1.807) is 18.2 Å². The maximum absolute atomic E-state index is 13.4. The molecule has 198 valence electrons. The summed E-state index contributed by atoms with van der Waals surface area (Å²) in [6, 6.07) is 7.67. The molecule has 0 radical (unpaired) electrons. The van der Waals surface area contributed by atoms with Gasteiger partial charge in [-0.05, 0) is 56.0 Å². The zero-order valence-corrected chi connectivity index (χ0v) is 21.0. The molecule has 0 saturated heterocycles. The SMILES string of the molecule is CC(C)OCCNC(=O)c1c(O)c2ncc(Cc3ccc(F)cc3)cc2n(CCCN(C)C(=O)O)c1=O. The number of amides is 2. The van der Waals surface area contributed by atoms with Crippen molar-refractivity contribution in [2.24, 2.45) is 0 Å². The Bertz CT molecular complexity index is 1320. The van der Waals surface area contributed by atoms with Crippen molar-refractivity contribution in [1.82, 2.24) is 19.8 Å². The van der Waals surface area contributed by atoms with Gasteiger partial charge in [-0.15, -0.1) is 0 Å². The lowest BCUT2D eigenvalue weighted by Gasteiger charge is -2.17. The number of aryl methyl sites for hydroxylation is 1. The predicted octanol–water partition coefficient (Wildman–Crippen LogP) is 2.99. The van der Waals surface area contributed by atoms with Crippen molar-refractivity contribution in [1.29, 1.82) is 0 Å². The van der Waals surface area contributed by atoms with Crippen LogP contribution in [0.2, 0.25) is 0 Å². The molecule has 11 heteroatoms. The van der Waals surface area contributed by atoms with Crippen LogP contribution in [0.1, 0.15) is 41.8 Å². The summed E-state index contributed by atoms with van der Waals surface area (Å²) in [7, 11) is 1.42. The number of hydrogen-bond acceptors (Lipinski definition) is 6. The van der Waals surface area contributed by atoms with Gasteiger partial charge in [0, 0.05) is 32.9 Å². The second-order valence-electron chi connectivity index (χ2n) is 8.93. The average molecular weight is 515 g/mol. The van der Waals surface area contributed by atoms with Crippen LogP contribution in [-0.2, 0) is 17.7 Å². The smallest absolute Gasteiger partial charge is 0.407 e. The summed E-state index contributed by atoms with van der Waals surface area (Å²) in [6.45, 7) is 4.33. The van der Waals surface area contributed by atoms with E-state index in [1.165, 1.54) is 29.9 Å². The van der Waals surface area contributed by atoms with Crippen molar-refractivity contribution < 1.29 is 28.9 Å². The number of carbonyl (C=O) groups is 2. The van der Waals surface area contributed by atoms with Gasteiger partial charge in [-0.2, -0.15) is 0 Å². The van der Waals surface area contributed by atoms with Crippen molar-refractivity contribution in [3.63, 3.8) is 0 Å². The van der Waals surface area contributed by atoms with Crippen LogP contribution in [0.15, 0.2) is 41.3 Å². The molecule has 3 N–H and O–H groups in total. The van der Waals surface area contributed by atoms with Gasteiger partial charge in [0.25, 0.3) is 11.5 Å². The number of aromatic hydroxyl groups is 1. The Balaban J connectivity index is 1.99. The highest BCUT2D eigenvalue weighted by atomic mass is 19.1. The predicted molar refractivity (Wildman–Crippen MR) is 136 cm³/mol. The van der Waals surface area contributed by atoms with Crippen molar-refractivity contribution in [3.8, 4) is 5.75 Å². The third-order valence-electron chi connectivity index (χ3n) is 5.72. The zero-order valence-electron chi connectivity index (χ0n) is 21.0. The molecule has 10 nitrogen and oxygen atoms in total. The van der Waals surface area contributed by atoms with Crippen LogP contribution in [0.5, 0.6) is 5.75 Å². The molecule has 0 aliphatic carbocycles. The number of nitrogens with one attached hydrogen (secondary N) is 1.